The lowest BCUT2D eigenvalue weighted by molar-refractivity contribution is -0.137. The zero-order valence-corrected chi connectivity index (χ0v) is 12.2. The summed E-state index contributed by atoms with van der Waals surface area (Å²) in [5.74, 6) is -0.693. The van der Waals surface area contributed by atoms with E-state index in [9.17, 15) is 14.4 Å². The molecule has 0 aliphatic rings. The van der Waals surface area contributed by atoms with Crippen LogP contribution in [-0.4, -0.2) is 66.1 Å². The molecule has 0 radical (unpaired) electrons. The van der Waals surface area contributed by atoms with Crippen LogP contribution in [0.5, 0.6) is 0 Å². The Labute approximate surface area is 117 Å². The summed E-state index contributed by atoms with van der Waals surface area (Å²) in [6.07, 6.45) is 2.87. The number of rotatable bonds is 8. The Morgan fingerprint density at radius 1 is 1.26 bits per heavy atom. The van der Waals surface area contributed by atoms with Gasteiger partial charge >= 0.3 is 12.0 Å². The van der Waals surface area contributed by atoms with E-state index in [4.69, 9.17) is 5.11 Å². The number of amides is 3. The van der Waals surface area contributed by atoms with Gasteiger partial charge in [-0.15, -0.1) is 0 Å². The summed E-state index contributed by atoms with van der Waals surface area (Å²) in [7, 11) is 1.66. The first-order valence-corrected chi connectivity index (χ1v) is 7.26. The molecule has 3 N–H and O–H groups in total. The summed E-state index contributed by atoms with van der Waals surface area (Å²) in [5, 5.41) is 13.0. The second-order valence-electron chi connectivity index (χ2n) is 4.07. The molecule has 0 bridgehead atoms. The van der Waals surface area contributed by atoms with Crippen molar-refractivity contribution in [1.82, 2.24) is 15.5 Å². The van der Waals surface area contributed by atoms with E-state index in [1.807, 2.05) is 13.2 Å². The monoisotopic (exact) mass is 291 g/mol. The topological polar surface area (TPSA) is 98.7 Å². The average molecular weight is 291 g/mol. The van der Waals surface area contributed by atoms with E-state index in [1.165, 1.54) is 4.90 Å². The minimum absolute atomic E-state index is 0.0783. The van der Waals surface area contributed by atoms with E-state index in [0.29, 0.717) is 0 Å². The molecular formula is C11H21N3O4S. The largest absolute Gasteiger partial charge is 0.480 e. The molecule has 1 unspecified atom stereocenters. The van der Waals surface area contributed by atoms with Crippen LogP contribution in [0.25, 0.3) is 0 Å². The van der Waals surface area contributed by atoms with Gasteiger partial charge in [-0.1, -0.05) is 0 Å². The molecule has 0 aromatic rings. The predicted octanol–water partition coefficient (Wildman–Crippen LogP) is -0.0298. The molecule has 0 saturated heterocycles. The summed E-state index contributed by atoms with van der Waals surface area (Å²) in [5.41, 5.74) is 0. The van der Waals surface area contributed by atoms with Gasteiger partial charge in [0.25, 0.3) is 0 Å². The highest BCUT2D eigenvalue weighted by Gasteiger charge is 2.15. The van der Waals surface area contributed by atoms with Crippen molar-refractivity contribution in [3.05, 3.63) is 0 Å². The lowest BCUT2D eigenvalue weighted by Crippen LogP contribution is -2.46. The fourth-order valence-electron chi connectivity index (χ4n) is 1.20. The summed E-state index contributed by atoms with van der Waals surface area (Å²) >= 11 is 1.71. The molecule has 8 heteroatoms. The number of carbonyl (C=O) groups is 3. The molecule has 0 aliphatic heterocycles. The van der Waals surface area contributed by atoms with E-state index in [2.05, 4.69) is 10.6 Å². The predicted molar refractivity (Wildman–Crippen MR) is 74.3 cm³/mol. The maximum atomic E-state index is 11.7. The molecule has 7 nitrogen and oxygen atoms in total. The smallest absolute Gasteiger partial charge is 0.322 e. The number of urea groups is 1. The molecule has 3 amide bonds. The van der Waals surface area contributed by atoms with E-state index in [-0.39, 0.29) is 18.6 Å². The van der Waals surface area contributed by atoms with E-state index in [1.54, 1.807) is 18.8 Å². The summed E-state index contributed by atoms with van der Waals surface area (Å²) in [6.45, 7) is 1.25. The van der Waals surface area contributed by atoms with Crippen LogP contribution >= 0.6 is 11.8 Å². The van der Waals surface area contributed by atoms with Crippen molar-refractivity contribution in [1.29, 1.82) is 0 Å². The molecule has 0 aliphatic carbocycles. The molecule has 0 rings (SSSR count). The maximum absolute atomic E-state index is 11.7. The highest BCUT2D eigenvalue weighted by molar-refractivity contribution is 7.98. The van der Waals surface area contributed by atoms with Gasteiger partial charge in [0.15, 0.2) is 0 Å². The number of nitrogens with one attached hydrogen (secondary N) is 2. The fourth-order valence-corrected chi connectivity index (χ4v) is 1.78. The standard InChI is InChI=1S/C11H21N3O4S/c1-8(4-5-19-3)14(2)11(18)13-6-9(15)12-7-10(16)17/h8H,4-7H2,1-3H3,(H,12,15)(H,13,18)(H,16,17). The van der Waals surface area contributed by atoms with Gasteiger partial charge < -0.3 is 20.6 Å². The van der Waals surface area contributed by atoms with Crippen molar-refractivity contribution in [2.24, 2.45) is 0 Å². The Morgan fingerprint density at radius 3 is 2.42 bits per heavy atom. The van der Waals surface area contributed by atoms with Gasteiger partial charge in [-0.2, -0.15) is 11.8 Å². The van der Waals surface area contributed by atoms with Gasteiger partial charge in [-0.25, -0.2) is 4.79 Å². The molecule has 0 heterocycles. The molecular weight excluding hydrogens is 270 g/mol. The third kappa shape index (κ3) is 8.30. The van der Waals surface area contributed by atoms with Gasteiger partial charge in [0.1, 0.15) is 6.54 Å². The first kappa shape index (κ1) is 17.6. The van der Waals surface area contributed by atoms with Crippen LogP contribution in [0, 0.1) is 0 Å². The second-order valence-corrected chi connectivity index (χ2v) is 5.06. The maximum Gasteiger partial charge on any atom is 0.322 e. The van der Waals surface area contributed by atoms with Crippen molar-refractivity contribution >= 4 is 29.7 Å². The van der Waals surface area contributed by atoms with Crippen molar-refractivity contribution in [2.75, 3.05) is 32.1 Å². The molecule has 0 saturated carbocycles. The van der Waals surface area contributed by atoms with Crippen molar-refractivity contribution in [3.8, 4) is 0 Å². The molecule has 0 spiro atoms. The minimum Gasteiger partial charge on any atom is -0.480 e. The highest BCUT2D eigenvalue weighted by Crippen LogP contribution is 2.05. The second kappa shape index (κ2) is 9.48. The number of aliphatic carboxylic acids is 1. The number of hydrogen-bond acceptors (Lipinski definition) is 4. The van der Waals surface area contributed by atoms with Crippen LogP contribution in [0.15, 0.2) is 0 Å². The molecule has 1 atom stereocenters. The number of hydrogen-bond donors (Lipinski definition) is 3. The van der Waals surface area contributed by atoms with Crippen molar-refractivity contribution in [2.45, 2.75) is 19.4 Å². The van der Waals surface area contributed by atoms with Crippen LogP contribution in [0.4, 0.5) is 4.79 Å². The number of carboxylic acid groups (broad SMARTS) is 1. The Bertz CT molecular complexity index is 325. The molecule has 0 aromatic heterocycles. The zero-order valence-electron chi connectivity index (χ0n) is 11.4. The van der Waals surface area contributed by atoms with Gasteiger partial charge in [0.05, 0.1) is 6.54 Å². The Balaban J connectivity index is 3.95. The first-order chi connectivity index (χ1) is 8.88. The van der Waals surface area contributed by atoms with E-state index >= 15 is 0 Å². The van der Waals surface area contributed by atoms with Gasteiger partial charge in [0, 0.05) is 13.1 Å². The van der Waals surface area contributed by atoms with Gasteiger partial charge in [-0.3, -0.25) is 9.59 Å². The zero-order chi connectivity index (χ0) is 14.8. The average Bonchev–Trinajstić information content (AvgIpc) is 2.38. The normalized spacial score (nSPS) is 11.5. The molecule has 19 heavy (non-hydrogen) atoms. The third-order valence-electron chi connectivity index (χ3n) is 2.56. The Kier molecular flexibility index (Phi) is 8.77. The molecule has 0 aromatic carbocycles. The lowest BCUT2D eigenvalue weighted by atomic mass is 10.2. The quantitative estimate of drug-likeness (QED) is 0.583. The molecule has 110 valence electrons. The number of nitrogens with zero attached hydrogens (tertiary/aromatic N) is 1. The van der Waals surface area contributed by atoms with Gasteiger partial charge in [-0.05, 0) is 25.4 Å². The van der Waals surface area contributed by atoms with Crippen LogP contribution in [-0.2, 0) is 9.59 Å². The number of thioether (sulfide) groups is 1. The van der Waals surface area contributed by atoms with Crippen LogP contribution in [0.3, 0.4) is 0 Å². The van der Waals surface area contributed by atoms with E-state index in [0.717, 1.165) is 12.2 Å². The van der Waals surface area contributed by atoms with Crippen LogP contribution in [0.1, 0.15) is 13.3 Å². The summed E-state index contributed by atoms with van der Waals surface area (Å²) in [4.78, 5) is 34.7. The number of carbonyl (C=O) groups excluding carboxylic acids is 2. The minimum atomic E-state index is -1.12. The fraction of sp³-hybridized carbons (Fsp3) is 0.727. The Morgan fingerprint density at radius 2 is 1.89 bits per heavy atom. The van der Waals surface area contributed by atoms with Crippen LogP contribution in [0.2, 0.25) is 0 Å². The SMILES string of the molecule is CSCCC(C)N(C)C(=O)NCC(=O)NCC(=O)O. The first-order valence-electron chi connectivity index (χ1n) is 5.86. The summed E-state index contributed by atoms with van der Waals surface area (Å²) in [6, 6.07) is -0.270. The van der Waals surface area contributed by atoms with Crippen molar-refractivity contribution in [3.63, 3.8) is 0 Å². The number of carboxylic acids is 1. The van der Waals surface area contributed by atoms with Crippen molar-refractivity contribution < 1.29 is 19.5 Å². The van der Waals surface area contributed by atoms with E-state index < -0.39 is 18.4 Å². The van der Waals surface area contributed by atoms with Gasteiger partial charge in [0.2, 0.25) is 5.91 Å². The summed E-state index contributed by atoms with van der Waals surface area (Å²) < 4.78 is 0. The molecule has 0 fully saturated rings. The Hall–Kier alpha value is -1.44. The lowest BCUT2D eigenvalue weighted by Gasteiger charge is -2.24. The third-order valence-corrected chi connectivity index (χ3v) is 3.20. The highest BCUT2D eigenvalue weighted by atomic mass is 32.2. The van der Waals surface area contributed by atoms with Crippen LogP contribution < -0.4 is 10.6 Å².